The Bertz CT molecular complexity index is 726. The van der Waals surface area contributed by atoms with E-state index in [1.54, 1.807) is 0 Å². The van der Waals surface area contributed by atoms with Gasteiger partial charge in [0.25, 0.3) is 0 Å². The summed E-state index contributed by atoms with van der Waals surface area (Å²) in [7, 11) is -2.09. The van der Waals surface area contributed by atoms with E-state index >= 15 is 0 Å². The highest BCUT2D eigenvalue weighted by atomic mass is 28.4. The molecular formula is C17H30N4O7Si. The second-order valence-electron chi connectivity index (χ2n) is 8.68. The fourth-order valence-electron chi connectivity index (χ4n) is 2.64. The summed E-state index contributed by atoms with van der Waals surface area (Å²) in [6.07, 6.45) is 1.62. The summed E-state index contributed by atoms with van der Waals surface area (Å²) in [5.74, 6) is -1.03. The second kappa shape index (κ2) is 9.28. The molecule has 0 spiro atoms. The van der Waals surface area contributed by atoms with Crippen LogP contribution >= 0.6 is 0 Å². The van der Waals surface area contributed by atoms with Crippen molar-refractivity contribution in [3.63, 3.8) is 0 Å². The molecule has 0 aromatic carbocycles. The van der Waals surface area contributed by atoms with E-state index in [9.17, 15) is 20.2 Å². The summed E-state index contributed by atoms with van der Waals surface area (Å²) in [6.45, 7) is 11.3. The van der Waals surface area contributed by atoms with E-state index in [4.69, 9.17) is 13.9 Å². The molecule has 1 saturated heterocycles. The van der Waals surface area contributed by atoms with E-state index in [-0.39, 0.29) is 18.2 Å². The van der Waals surface area contributed by atoms with Crippen molar-refractivity contribution in [1.82, 2.24) is 9.78 Å². The zero-order valence-corrected chi connectivity index (χ0v) is 18.6. The van der Waals surface area contributed by atoms with Crippen molar-refractivity contribution in [1.29, 1.82) is 0 Å². The number of nitro groups is 2. The van der Waals surface area contributed by atoms with Crippen LogP contribution in [0, 0.1) is 20.2 Å². The van der Waals surface area contributed by atoms with Crippen LogP contribution in [0.4, 0.5) is 11.6 Å². The van der Waals surface area contributed by atoms with Crippen LogP contribution in [0.2, 0.25) is 18.1 Å². The van der Waals surface area contributed by atoms with E-state index in [2.05, 4.69) is 39.0 Å². The van der Waals surface area contributed by atoms with E-state index in [0.29, 0.717) is 6.61 Å². The van der Waals surface area contributed by atoms with Gasteiger partial charge in [-0.1, -0.05) is 20.8 Å². The topological polar surface area (TPSA) is 132 Å². The molecule has 1 fully saturated rings. The first kappa shape index (κ1) is 23.4. The molecule has 1 aromatic heterocycles. The van der Waals surface area contributed by atoms with Crippen LogP contribution in [0.1, 0.15) is 40.0 Å². The van der Waals surface area contributed by atoms with Crippen molar-refractivity contribution in [3.8, 4) is 0 Å². The zero-order valence-electron chi connectivity index (χ0n) is 17.6. The molecule has 0 saturated carbocycles. The van der Waals surface area contributed by atoms with Gasteiger partial charge in [0, 0.05) is 6.61 Å². The monoisotopic (exact) mass is 430 g/mol. The standard InChI is InChI=1S/C17H30N4O7Si/c1-17(2,3)29(4,5)27-12-13(28-16-8-6-7-9-26-16)11-19-15(21(24)25)10-14(18-19)20(22)23/h10,13,16H,6-9,11-12H2,1-5H3. The Balaban J connectivity index is 2.20. The Morgan fingerprint density at radius 2 is 2.00 bits per heavy atom. The summed E-state index contributed by atoms with van der Waals surface area (Å²) in [6, 6.07) is 0.850. The summed E-state index contributed by atoms with van der Waals surface area (Å²) in [5.41, 5.74) is 0. The van der Waals surface area contributed by atoms with E-state index in [0.717, 1.165) is 30.0 Å². The lowest BCUT2D eigenvalue weighted by Crippen LogP contribution is -2.44. The molecule has 2 unspecified atom stereocenters. The minimum atomic E-state index is -2.09. The van der Waals surface area contributed by atoms with Crippen LogP contribution in [-0.4, -0.2) is 53.6 Å². The third-order valence-electron chi connectivity index (χ3n) is 5.41. The predicted molar refractivity (Wildman–Crippen MR) is 107 cm³/mol. The molecule has 164 valence electrons. The molecule has 1 aliphatic rings. The van der Waals surface area contributed by atoms with Crippen LogP contribution in [0.5, 0.6) is 0 Å². The van der Waals surface area contributed by atoms with Crippen molar-refractivity contribution in [2.75, 3.05) is 13.2 Å². The summed E-state index contributed by atoms with van der Waals surface area (Å²) in [5, 5.41) is 26.1. The smallest absolute Gasteiger partial charge is 0.414 e. The Kier molecular flexibility index (Phi) is 7.49. The first-order valence-corrected chi connectivity index (χ1v) is 12.6. The Hall–Kier alpha value is -1.89. The Morgan fingerprint density at radius 1 is 1.31 bits per heavy atom. The molecule has 2 rings (SSSR count). The van der Waals surface area contributed by atoms with Crippen LogP contribution < -0.4 is 0 Å². The molecule has 12 heteroatoms. The molecule has 0 amide bonds. The number of aromatic nitrogens is 2. The molecule has 0 N–H and O–H groups in total. The van der Waals surface area contributed by atoms with Gasteiger partial charge in [-0.2, -0.15) is 0 Å². The van der Waals surface area contributed by atoms with E-state index in [1.165, 1.54) is 0 Å². The molecule has 0 radical (unpaired) electrons. The second-order valence-corrected chi connectivity index (χ2v) is 13.5. The quantitative estimate of drug-likeness (QED) is 0.329. The predicted octanol–water partition coefficient (Wildman–Crippen LogP) is 3.63. The van der Waals surface area contributed by atoms with Crippen LogP contribution in [0.25, 0.3) is 0 Å². The van der Waals surface area contributed by atoms with Gasteiger partial charge in [-0.3, -0.25) is 0 Å². The fraction of sp³-hybridized carbons (Fsp3) is 0.824. The minimum absolute atomic E-state index is 0.0185. The molecule has 1 aliphatic heterocycles. The highest BCUT2D eigenvalue weighted by Gasteiger charge is 2.39. The highest BCUT2D eigenvalue weighted by Crippen LogP contribution is 2.36. The summed E-state index contributed by atoms with van der Waals surface area (Å²) in [4.78, 5) is 20.9. The lowest BCUT2D eigenvalue weighted by Gasteiger charge is -2.37. The number of hydrogen-bond donors (Lipinski definition) is 0. The summed E-state index contributed by atoms with van der Waals surface area (Å²) >= 11 is 0. The van der Waals surface area contributed by atoms with E-state index in [1.807, 2.05) is 0 Å². The van der Waals surface area contributed by atoms with Gasteiger partial charge < -0.3 is 34.1 Å². The lowest BCUT2D eigenvalue weighted by molar-refractivity contribution is -0.395. The van der Waals surface area contributed by atoms with Crippen molar-refractivity contribution >= 4 is 20.0 Å². The van der Waals surface area contributed by atoms with Gasteiger partial charge in [0.1, 0.15) is 17.3 Å². The average molecular weight is 431 g/mol. The molecular weight excluding hydrogens is 400 g/mol. The van der Waals surface area contributed by atoms with Gasteiger partial charge >= 0.3 is 11.6 Å². The molecule has 2 heterocycles. The van der Waals surface area contributed by atoms with Gasteiger partial charge in [-0.15, -0.1) is 0 Å². The van der Waals surface area contributed by atoms with Gasteiger partial charge in [0.2, 0.25) is 0 Å². The van der Waals surface area contributed by atoms with Crippen molar-refractivity contribution in [2.45, 2.75) is 77.1 Å². The van der Waals surface area contributed by atoms with Gasteiger partial charge in [0.15, 0.2) is 21.2 Å². The maximum Gasteiger partial charge on any atom is 0.420 e. The van der Waals surface area contributed by atoms with Crippen LogP contribution in [0.15, 0.2) is 6.07 Å². The van der Waals surface area contributed by atoms with Crippen molar-refractivity contribution < 1.29 is 23.7 Å². The normalized spacial score (nSPS) is 19.1. The minimum Gasteiger partial charge on any atom is -0.414 e. The third-order valence-corrected chi connectivity index (χ3v) is 9.92. The molecule has 2 atom stereocenters. The first-order chi connectivity index (χ1) is 13.4. The molecule has 1 aromatic rings. The van der Waals surface area contributed by atoms with Crippen molar-refractivity contribution in [3.05, 3.63) is 26.3 Å². The first-order valence-electron chi connectivity index (χ1n) is 9.68. The molecule has 0 bridgehead atoms. The maximum atomic E-state index is 11.3. The van der Waals surface area contributed by atoms with Gasteiger partial charge in [-0.25, -0.2) is 0 Å². The van der Waals surface area contributed by atoms with Crippen molar-refractivity contribution in [2.24, 2.45) is 0 Å². The van der Waals surface area contributed by atoms with Crippen LogP contribution in [0.3, 0.4) is 0 Å². The highest BCUT2D eigenvalue weighted by molar-refractivity contribution is 6.74. The molecule has 11 nitrogen and oxygen atoms in total. The largest absolute Gasteiger partial charge is 0.420 e. The third kappa shape index (κ3) is 6.29. The lowest BCUT2D eigenvalue weighted by atomic mass is 10.2. The maximum absolute atomic E-state index is 11.3. The van der Waals surface area contributed by atoms with Crippen LogP contribution in [-0.2, 0) is 20.4 Å². The molecule has 29 heavy (non-hydrogen) atoms. The molecule has 0 aliphatic carbocycles. The Labute approximate surface area is 170 Å². The van der Waals surface area contributed by atoms with Gasteiger partial charge in [-0.05, 0) is 51.9 Å². The fourth-order valence-corrected chi connectivity index (χ4v) is 3.68. The number of nitrogens with zero attached hydrogens (tertiary/aromatic N) is 4. The number of rotatable bonds is 9. The number of ether oxygens (including phenoxy) is 2. The summed E-state index contributed by atoms with van der Waals surface area (Å²) < 4.78 is 18.9. The zero-order chi connectivity index (χ0) is 21.8. The van der Waals surface area contributed by atoms with E-state index < -0.39 is 42.2 Å². The number of hydrogen-bond acceptors (Lipinski definition) is 8. The Morgan fingerprint density at radius 3 is 2.52 bits per heavy atom. The van der Waals surface area contributed by atoms with Gasteiger partial charge in [0.05, 0.1) is 6.61 Å². The SMILES string of the molecule is CC(C)(C)[Si](C)(C)OCC(Cn1nc([N+](=O)[O-])cc1[N+](=O)[O-])OC1CCCCO1. The average Bonchev–Trinajstić information content (AvgIpc) is 3.04.